The van der Waals surface area contributed by atoms with Gasteiger partial charge in [-0.3, -0.25) is 0 Å². The zero-order valence-electron chi connectivity index (χ0n) is 35.0. The molecule has 0 aliphatic carbocycles. The number of nitrogens with zero attached hydrogens (tertiary/aromatic N) is 2. The van der Waals surface area contributed by atoms with E-state index in [4.69, 9.17) is 0 Å². The molecule has 0 saturated heterocycles. The quantitative estimate of drug-likeness (QED) is 0.129. The van der Waals surface area contributed by atoms with Gasteiger partial charge >= 0.3 is 0 Å². The summed E-state index contributed by atoms with van der Waals surface area (Å²) in [7, 11) is 0. The highest BCUT2D eigenvalue weighted by molar-refractivity contribution is 5.84. The third-order valence-electron chi connectivity index (χ3n) is 11.3. The van der Waals surface area contributed by atoms with Gasteiger partial charge in [-0.2, -0.15) is 0 Å². The van der Waals surface area contributed by atoms with Crippen LogP contribution in [-0.4, -0.2) is 0 Å². The van der Waals surface area contributed by atoms with E-state index in [1.807, 2.05) is 0 Å². The first-order valence-corrected chi connectivity index (χ1v) is 20.0. The summed E-state index contributed by atoms with van der Waals surface area (Å²) in [5, 5.41) is 0. The Morgan fingerprint density at radius 2 is 0.772 bits per heavy atom. The predicted molar refractivity (Wildman–Crippen MR) is 249 cm³/mol. The van der Waals surface area contributed by atoms with Gasteiger partial charge in [0, 0.05) is 34.1 Å². The molecule has 0 aliphatic rings. The summed E-state index contributed by atoms with van der Waals surface area (Å²) >= 11 is 0. The average molecular weight is 743 g/mol. The SMILES string of the molecule is Cc1cccc(N(c2ccc(C=Cc3ccc(C=Cc4ccc(N(c5cccc(C)c5)c5cccc(C)c5C)c(C)c4)c(C)c3)c(C)c2)c2cccc(C)c2C)c1. The number of anilines is 6. The number of hydrogen-bond acceptors (Lipinski definition) is 2. The molecule has 0 amide bonds. The number of rotatable bonds is 10. The Balaban J connectivity index is 1.10. The van der Waals surface area contributed by atoms with Crippen LogP contribution in [0.4, 0.5) is 34.1 Å². The molecule has 0 fully saturated rings. The fourth-order valence-corrected chi connectivity index (χ4v) is 7.71. The molecule has 0 radical (unpaired) electrons. The molecule has 0 unspecified atom stereocenters. The van der Waals surface area contributed by atoms with Crippen LogP contribution in [0.25, 0.3) is 24.3 Å². The van der Waals surface area contributed by atoms with Crippen LogP contribution >= 0.6 is 0 Å². The minimum absolute atomic E-state index is 1.16. The van der Waals surface area contributed by atoms with Gasteiger partial charge in [-0.25, -0.2) is 0 Å². The molecule has 7 rings (SSSR count). The van der Waals surface area contributed by atoms with E-state index in [0.29, 0.717) is 0 Å². The smallest absolute Gasteiger partial charge is 0.0493 e. The van der Waals surface area contributed by atoms with Crippen molar-refractivity contribution in [2.75, 3.05) is 9.80 Å². The highest BCUT2D eigenvalue weighted by Gasteiger charge is 2.18. The summed E-state index contributed by atoms with van der Waals surface area (Å²) in [5.41, 5.74) is 23.3. The van der Waals surface area contributed by atoms with Crippen molar-refractivity contribution in [3.8, 4) is 0 Å². The van der Waals surface area contributed by atoms with Gasteiger partial charge in [0.25, 0.3) is 0 Å². The van der Waals surface area contributed by atoms with Crippen molar-refractivity contribution in [1.82, 2.24) is 0 Å². The van der Waals surface area contributed by atoms with Crippen LogP contribution in [0.15, 0.2) is 140 Å². The van der Waals surface area contributed by atoms with E-state index >= 15 is 0 Å². The zero-order valence-corrected chi connectivity index (χ0v) is 35.0. The summed E-state index contributed by atoms with van der Waals surface area (Å²) in [4.78, 5) is 4.78. The first kappa shape index (κ1) is 38.9. The Bertz CT molecular complexity index is 2640. The van der Waals surface area contributed by atoms with E-state index in [-0.39, 0.29) is 0 Å². The van der Waals surface area contributed by atoms with E-state index in [0.717, 1.165) is 5.69 Å². The molecule has 2 heteroatoms. The maximum Gasteiger partial charge on any atom is 0.0493 e. The lowest BCUT2D eigenvalue weighted by Crippen LogP contribution is -2.13. The molecule has 57 heavy (non-hydrogen) atoms. The Hall–Kier alpha value is -6.38. The van der Waals surface area contributed by atoms with Gasteiger partial charge in [-0.15, -0.1) is 0 Å². The molecule has 0 saturated carbocycles. The maximum atomic E-state index is 2.40. The summed E-state index contributed by atoms with van der Waals surface area (Å²) in [6.45, 7) is 19.7. The molecule has 284 valence electrons. The molecule has 7 aromatic rings. The largest absolute Gasteiger partial charge is 0.310 e. The Morgan fingerprint density at radius 3 is 1.30 bits per heavy atom. The highest BCUT2D eigenvalue weighted by Crippen LogP contribution is 2.41. The molecule has 0 aromatic heterocycles. The summed E-state index contributed by atoms with van der Waals surface area (Å²) in [6.07, 6.45) is 8.93. The highest BCUT2D eigenvalue weighted by atomic mass is 15.2. The number of hydrogen-bond donors (Lipinski definition) is 0. The normalized spacial score (nSPS) is 11.5. The Kier molecular flexibility index (Phi) is 11.4. The van der Waals surface area contributed by atoms with E-state index in [1.165, 1.54) is 101 Å². The van der Waals surface area contributed by atoms with Crippen LogP contribution in [0.1, 0.15) is 72.3 Å². The molecule has 2 nitrogen and oxygen atoms in total. The second-order valence-electron chi connectivity index (χ2n) is 15.7. The van der Waals surface area contributed by atoms with Gasteiger partial charge in [-0.1, -0.05) is 103 Å². The first-order valence-electron chi connectivity index (χ1n) is 20.0. The second-order valence-corrected chi connectivity index (χ2v) is 15.7. The van der Waals surface area contributed by atoms with Crippen LogP contribution in [0.3, 0.4) is 0 Å². The van der Waals surface area contributed by atoms with Crippen molar-refractivity contribution >= 4 is 58.4 Å². The number of benzene rings is 7. The van der Waals surface area contributed by atoms with Crippen LogP contribution < -0.4 is 9.80 Å². The van der Waals surface area contributed by atoms with Crippen molar-refractivity contribution in [1.29, 1.82) is 0 Å². The van der Waals surface area contributed by atoms with Gasteiger partial charge < -0.3 is 9.80 Å². The Morgan fingerprint density at radius 1 is 0.316 bits per heavy atom. The first-order chi connectivity index (χ1) is 27.5. The minimum Gasteiger partial charge on any atom is -0.310 e. The maximum absolute atomic E-state index is 2.40. The summed E-state index contributed by atoms with van der Waals surface area (Å²) in [6, 6.07) is 51.0. The molecule has 0 spiro atoms. The molecule has 0 bridgehead atoms. The predicted octanol–water partition coefficient (Wildman–Crippen LogP) is 15.7. The monoisotopic (exact) mass is 742 g/mol. The fraction of sp³-hybridized carbons (Fsp3) is 0.164. The fourth-order valence-electron chi connectivity index (χ4n) is 7.71. The summed E-state index contributed by atoms with van der Waals surface area (Å²) < 4.78 is 0. The van der Waals surface area contributed by atoms with Crippen molar-refractivity contribution in [2.45, 2.75) is 62.3 Å². The molecule has 0 N–H and O–H groups in total. The lowest BCUT2D eigenvalue weighted by molar-refractivity contribution is 1.20. The second kappa shape index (κ2) is 16.8. The lowest BCUT2D eigenvalue weighted by Gasteiger charge is -2.29. The van der Waals surface area contributed by atoms with Crippen LogP contribution in [0.2, 0.25) is 0 Å². The third-order valence-corrected chi connectivity index (χ3v) is 11.3. The minimum atomic E-state index is 1.16. The van der Waals surface area contributed by atoms with Gasteiger partial charge in [0.2, 0.25) is 0 Å². The van der Waals surface area contributed by atoms with E-state index < -0.39 is 0 Å². The molecular weight excluding hydrogens is 689 g/mol. The third kappa shape index (κ3) is 8.56. The Labute approximate surface area is 341 Å². The standard InChI is InChI=1S/C55H54N2/c1-37-14-10-18-50(32-37)56(54-20-12-16-39(3)44(54)8)52-30-29-49(42(6)36-52)28-23-46-22-26-48(41(5)34-46)27-24-47-25-31-53(43(7)35-47)57(51-19-11-15-38(2)33-51)55-21-13-17-40(4)45(55)9/h10-36H,1-9H3. The van der Waals surface area contributed by atoms with E-state index in [2.05, 4.69) is 236 Å². The van der Waals surface area contributed by atoms with Crippen LogP contribution in [0.5, 0.6) is 0 Å². The van der Waals surface area contributed by atoms with Crippen molar-refractivity contribution in [3.63, 3.8) is 0 Å². The van der Waals surface area contributed by atoms with Crippen LogP contribution in [0, 0.1) is 62.3 Å². The van der Waals surface area contributed by atoms with Crippen LogP contribution in [-0.2, 0) is 0 Å². The average Bonchev–Trinajstić information content (AvgIpc) is 3.18. The summed E-state index contributed by atoms with van der Waals surface area (Å²) in [5.74, 6) is 0. The number of aryl methyl sites for hydroxylation is 7. The van der Waals surface area contributed by atoms with Gasteiger partial charge in [-0.05, 0) is 195 Å². The molecule has 7 aromatic carbocycles. The van der Waals surface area contributed by atoms with E-state index in [9.17, 15) is 0 Å². The van der Waals surface area contributed by atoms with Crippen molar-refractivity contribution in [2.24, 2.45) is 0 Å². The van der Waals surface area contributed by atoms with Gasteiger partial charge in [0.05, 0.1) is 0 Å². The lowest BCUT2D eigenvalue weighted by atomic mass is 10.0. The molecule has 0 aliphatic heterocycles. The molecule has 0 heterocycles. The van der Waals surface area contributed by atoms with Crippen molar-refractivity contribution in [3.05, 3.63) is 212 Å². The van der Waals surface area contributed by atoms with Gasteiger partial charge in [0.15, 0.2) is 0 Å². The van der Waals surface area contributed by atoms with Crippen molar-refractivity contribution < 1.29 is 0 Å². The topological polar surface area (TPSA) is 6.48 Å². The zero-order chi connectivity index (χ0) is 40.2. The van der Waals surface area contributed by atoms with Gasteiger partial charge in [0.1, 0.15) is 0 Å². The molecular formula is C55H54N2. The van der Waals surface area contributed by atoms with E-state index in [1.54, 1.807) is 0 Å². The molecule has 0 atom stereocenters.